The summed E-state index contributed by atoms with van der Waals surface area (Å²) in [7, 11) is 0. The first-order valence-corrected chi connectivity index (χ1v) is 10.4. The van der Waals surface area contributed by atoms with Crippen molar-refractivity contribution in [2.45, 2.75) is 32.1 Å². The molecule has 0 aliphatic carbocycles. The standard InChI is InChI=1S/C21H24BrN3O3/c22-16-8-10-17(11-9-16)28-21-18(6-4-12-24-21)20(27)23-13-5-15-25-14-3-1-2-7-19(25)26/h4,6,8-12H,1-3,5,7,13-15H2,(H,23,27). The Morgan fingerprint density at radius 1 is 1.18 bits per heavy atom. The molecule has 7 heteroatoms. The van der Waals surface area contributed by atoms with Gasteiger partial charge in [-0.2, -0.15) is 0 Å². The van der Waals surface area contributed by atoms with Crippen LogP contribution in [0.4, 0.5) is 0 Å². The monoisotopic (exact) mass is 445 g/mol. The molecule has 0 spiro atoms. The van der Waals surface area contributed by atoms with Crippen LogP contribution >= 0.6 is 15.9 Å². The second kappa shape index (κ2) is 10.2. The van der Waals surface area contributed by atoms with Crippen LogP contribution in [0.25, 0.3) is 0 Å². The number of hydrogen-bond acceptors (Lipinski definition) is 4. The van der Waals surface area contributed by atoms with E-state index in [0.29, 0.717) is 30.8 Å². The summed E-state index contributed by atoms with van der Waals surface area (Å²) in [5.41, 5.74) is 0.385. The first kappa shape index (κ1) is 20.3. The zero-order chi connectivity index (χ0) is 19.8. The molecule has 0 bridgehead atoms. The van der Waals surface area contributed by atoms with Gasteiger partial charge in [-0.05, 0) is 55.7 Å². The van der Waals surface area contributed by atoms with Crippen molar-refractivity contribution in [2.75, 3.05) is 19.6 Å². The van der Waals surface area contributed by atoms with Gasteiger partial charge >= 0.3 is 0 Å². The summed E-state index contributed by atoms with van der Waals surface area (Å²) >= 11 is 3.38. The maximum atomic E-state index is 12.6. The van der Waals surface area contributed by atoms with Gasteiger partial charge in [-0.25, -0.2) is 4.98 Å². The predicted octanol–water partition coefficient (Wildman–Crippen LogP) is 4.16. The van der Waals surface area contributed by atoms with Gasteiger partial charge in [-0.15, -0.1) is 0 Å². The summed E-state index contributed by atoms with van der Waals surface area (Å²) in [5, 5.41) is 2.90. The topological polar surface area (TPSA) is 71.5 Å². The molecule has 0 saturated carbocycles. The van der Waals surface area contributed by atoms with Crippen LogP contribution in [0.5, 0.6) is 11.6 Å². The number of nitrogens with one attached hydrogen (secondary N) is 1. The molecule has 1 aliphatic heterocycles. The number of ether oxygens (including phenoxy) is 1. The third-order valence-electron chi connectivity index (χ3n) is 4.61. The lowest BCUT2D eigenvalue weighted by Crippen LogP contribution is -2.34. The Bertz CT molecular complexity index is 811. The predicted molar refractivity (Wildman–Crippen MR) is 110 cm³/mol. The number of aromatic nitrogens is 1. The zero-order valence-electron chi connectivity index (χ0n) is 15.7. The maximum Gasteiger partial charge on any atom is 0.256 e. The van der Waals surface area contributed by atoms with Crippen LogP contribution in [0.3, 0.4) is 0 Å². The van der Waals surface area contributed by atoms with Crippen LogP contribution in [0.2, 0.25) is 0 Å². The van der Waals surface area contributed by atoms with Gasteiger partial charge in [0.2, 0.25) is 11.8 Å². The molecule has 1 aromatic heterocycles. The van der Waals surface area contributed by atoms with E-state index in [1.54, 1.807) is 30.5 Å². The highest BCUT2D eigenvalue weighted by Crippen LogP contribution is 2.24. The molecule has 0 radical (unpaired) electrons. The van der Waals surface area contributed by atoms with E-state index < -0.39 is 0 Å². The highest BCUT2D eigenvalue weighted by atomic mass is 79.9. The number of nitrogens with zero attached hydrogens (tertiary/aromatic N) is 2. The van der Waals surface area contributed by atoms with Crippen molar-refractivity contribution in [3.8, 4) is 11.6 Å². The highest BCUT2D eigenvalue weighted by molar-refractivity contribution is 9.10. The summed E-state index contributed by atoms with van der Waals surface area (Å²) in [6.07, 6.45) is 6.11. The molecule has 0 unspecified atom stereocenters. The number of carbonyl (C=O) groups excluding carboxylic acids is 2. The first-order chi connectivity index (χ1) is 13.6. The Hall–Kier alpha value is -2.41. The molecule has 0 atom stereocenters. The Kier molecular flexibility index (Phi) is 7.42. The van der Waals surface area contributed by atoms with E-state index >= 15 is 0 Å². The van der Waals surface area contributed by atoms with E-state index in [1.807, 2.05) is 17.0 Å². The summed E-state index contributed by atoms with van der Waals surface area (Å²) in [4.78, 5) is 30.7. The summed E-state index contributed by atoms with van der Waals surface area (Å²) in [6, 6.07) is 10.7. The number of hydrogen-bond donors (Lipinski definition) is 1. The molecule has 3 rings (SSSR count). The number of carbonyl (C=O) groups is 2. The second-order valence-electron chi connectivity index (χ2n) is 6.71. The van der Waals surface area contributed by atoms with Gasteiger partial charge in [0.05, 0.1) is 0 Å². The lowest BCUT2D eigenvalue weighted by Gasteiger charge is -2.20. The molecule has 6 nitrogen and oxygen atoms in total. The van der Waals surface area contributed by atoms with Gasteiger partial charge in [0.1, 0.15) is 11.3 Å². The van der Waals surface area contributed by atoms with Crippen molar-refractivity contribution in [3.05, 3.63) is 52.6 Å². The molecule has 2 amide bonds. The molecule has 2 heterocycles. The SMILES string of the molecule is O=C(NCCCN1CCCCCC1=O)c1cccnc1Oc1ccc(Br)cc1. The smallest absolute Gasteiger partial charge is 0.256 e. The average molecular weight is 446 g/mol. The number of likely N-dealkylation sites (tertiary alicyclic amines) is 1. The molecule has 1 aromatic carbocycles. The second-order valence-corrected chi connectivity index (χ2v) is 7.63. The fraction of sp³-hybridized carbons (Fsp3) is 0.381. The van der Waals surface area contributed by atoms with E-state index in [0.717, 1.165) is 36.7 Å². The van der Waals surface area contributed by atoms with Gasteiger partial charge in [0.25, 0.3) is 5.91 Å². The van der Waals surface area contributed by atoms with Crippen LogP contribution < -0.4 is 10.1 Å². The molecule has 148 valence electrons. The third-order valence-corrected chi connectivity index (χ3v) is 5.13. The fourth-order valence-corrected chi connectivity index (χ4v) is 3.37. The van der Waals surface area contributed by atoms with Crippen LogP contribution in [0.15, 0.2) is 47.1 Å². The molecule has 1 aliphatic rings. The average Bonchev–Trinajstić information content (AvgIpc) is 2.91. The summed E-state index contributed by atoms with van der Waals surface area (Å²) in [6.45, 7) is 1.99. The van der Waals surface area contributed by atoms with Crippen molar-refractivity contribution in [1.82, 2.24) is 15.2 Å². The van der Waals surface area contributed by atoms with E-state index in [1.165, 1.54) is 0 Å². The largest absolute Gasteiger partial charge is 0.438 e. The van der Waals surface area contributed by atoms with Crippen molar-refractivity contribution in [3.63, 3.8) is 0 Å². The number of rotatable bonds is 7. The van der Waals surface area contributed by atoms with E-state index in [2.05, 4.69) is 26.2 Å². The van der Waals surface area contributed by atoms with Gasteiger partial charge < -0.3 is 15.0 Å². The maximum absolute atomic E-state index is 12.6. The number of pyridine rings is 1. The molecule has 1 fully saturated rings. The Morgan fingerprint density at radius 2 is 2.00 bits per heavy atom. The van der Waals surface area contributed by atoms with E-state index in [9.17, 15) is 9.59 Å². The number of benzene rings is 1. The molecule has 1 N–H and O–H groups in total. The summed E-state index contributed by atoms with van der Waals surface area (Å²) < 4.78 is 6.72. The minimum Gasteiger partial charge on any atom is -0.438 e. The van der Waals surface area contributed by atoms with Gasteiger partial charge in [-0.3, -0.25) is 9.59 Å². The van der Waals surface area contributed by atoms with Crippen molar-refractivity contribution >= 4 is 27.7 Å². The van der Waals surface area contributed by atoms with Gasteiger partial charge in [0, 0.05) is 36.7 Å². The lowest BCUT2D eigenvalue weighted by atomic mass is 10.2. The Labute approximate surface area is 173 Å². The Morgan fingerprint density at radius 3 is 2.82 bits per heavy atom. The van der Waals surface area contributed by atoms with E-state index in [4.69, 9.17) is 4.74 Å². The minimum absolute atomic E-state index is 0.223. The van der Waals surface area contributed by atoms with Crippen LogP contribution in [-0.4, -0.2) is 41.3 Å². The highest BCUT2D eigenvalue weighted by Gasteiger charge is 2.17. The van der Waals surface area contributed by atoms with Crippen molar-refractivity contribution < 1.29 is 14.3 Å². The van der Waals surface area contributed by atoms with Gasteiger partial charge in [-0.1, -0.05) is 22.4 Å². The van der Waals surface area contributed by atoms with Crippen molar-refractivity contribution in [1.29, 1.82) is 0 Å². The molecular formula is C21H24BrN3O3. The summed E-state index contributed by atoms with van der Waals surface area (Å²) in [5.74, 6) is 0.865. The molecular weight excluding hydrogens is 422 g/mol. The zero-order valence-corrected chi connectivity index (χ0v) is 17.3. The van der Waals surface area contributed by atoms with E-state index in [-0.39, 0.29) is 17.7 Å². The van der Waals surface area contributed by atoms with Crippen molar-refractivity contribution in [2.24, 2.45) is 0 Å². The van der Waals surface area contributed by atoms with Crippen LogP contribution in [0, 0.1) is 0 Å². The quantitative estimate of drug-likeness (QED) is 0.649. The Balaban J connectivity index is 1.53. The van der Waals surface area contributed by atoms with Crippen LogP contribution in [0.1, 0.15) is 42.5 Å². The van der Waals surface area contributed by atoms with Gasteiger partial charge in [0.15, 0.2) is 0 Å². The third kappa shape index (κ3) is 5.79. The minimum atomic E-state index is -0.234. The fourth-order valence-electron chi connectivity index (χ4n) is 3.10. The molecule has 2 aromatic rings. The molecule has 1 saturated heterocycles. The molecule has 28 heavy (non-hydrogen) atoms. The number of amides is 2. The lowest BCUT2D eigenvalue weighted by molar-refractivity contribution is -0.130. The normalized spacial score (nSPS) is 14.5. The van der Waals surface area contributed by atoms with Crippen LogP contribution in [-0.2, 0) is 4.79 Å². The first-order valence-electron chi connectivity index (χ1n) is 9.58. The number of halogens is 1.